The zero-order chi connectivity index (χ0) is 21.7. The molecule has 0 radical (unpaired) electrons. The lowest BCUT2D eigenvalue weighted by Crippen LogP contribution is -2.60. The van der Waals surface area contributed by atoms with Crippen molar-refractivity contribution in [2.45, 2.75) is 37.1 Å². The Hall–Kier alpha value is -2.89. The predicted molar refractivity (Wildman–Crippen MR) is 103 cm³/mol. The minimum atomic E-state index is -0.901. The molecule has 2 atom stereocenters. The maximum Gasteiger partial charge on any atom is 0.290 e. The van der Waals surface area contributed by atoms with Crippen LogP contribution in [0.1, 0.15) is 29.6 Å². The Balaban J connectivity index is 0.000000806. The van der Waals surface area contributed by atoms with Crippen LogP contribution in [0, 0.1) is 0 Å². The van der Waals surface area contributed by atoms with Gasteiger partial charge >= 0.3 is 0 Å². The van der Waals surface area contributed by atoms with E-state index in [4.69, 9.17) is 14.6 Å². The fourth-order valence-corrected chi connectivity index (χ4v) is 3.85. The van der Waals surface area contributed by atoms with Gasteiger partial charge in [0, 0.05) is 24.2 Å². The number of rotatable bonds is 2. The molecular formula is C19H25N5O6. The Bertz CT molecular complexity index is 863. The van der Waals surface area contributed by atoms with E-state index in [0.717, 1.165) is 5.56 Å². The van der Waals surface area contributed by atoms with Crippen molar-refractivity contribution < 1.29 is 29.6 Å². The maximum absolute atomic E-state index is 12.8. The Labute approximate surface area is 172 Å². The number of carbonyl (C=O) groups is 2. The smallest absolute Gasteiger partial charge is 0.290 e. The molecule has 3 N–H and O–H groups in total. The molecule has 2 aromatic rings. The number of aliphatic hydroxyl groups excluding tert-OH is 2. The first-order valence-corrected chi connectivity index (χ1v) is 9.62. The molecule has 4 rings (SSSR count). The fraction of sp³-hybridized carbons (Fsp3) is 0.526. The highest BCUT2D eigenvalue weighted by Crippen LogP contribution is 2.35. The molecule has 0 bridgehead atoms. The second kappa shape index (κ2) is 9.28. The van der Waals surface area contributed by atoms with Crippen LogP contribution in [0.4, 0.5) is 0 Å². The fourth-order valence-electron chi connectivity index (χ4n) is 3.85. The molecule has 3 heterocycles. The third-order valence-electron chi connectivity index (χ3n) is 5.50. The molecule has 2 saturated heterocycles. The number of likely N-dealkylation sites (tertiary alicyclic amines) is 1. The SMILES string of the molecule is Cn1nnc(-c2ccc(C(=O)N3CCC4(CC3)OCC[C@H](O)[C@@H]4O)cc2)n1.O=CO. The first-order valence-electron chi connectivity index (χ1n) is 9.62. The molecule has 2 aliphatic heterocycles. The summed E-state index contributed by atoms with van der Waals surface area (Å²) in [5.41, 5.74) is 0.643. The van der Waals surface area contributed by atoms with Crippen LogP contribution in [-0.2, 0) is 16.6 Å². The lowest BCUT2D eigenvalue weighted by atomic mass is 9.80. The van der Waals surface area contributed by atoms with Crippen molar-refractivity contribution in [3.05, 3.63) is 29.8 Å². The Morgan fingerprint density at radius 3 is 2.43 bits per heavy atom. The number of benzene rings is 1. The van der Waals surface area contributed by atoms with Crippen LogP contribution in [0.15, 0.2) is 24.3 Å². The Morgan fingerprint density at radius 1 is 1.23 bits per heavy atom. The van der Waals surface area contributed by atoms with Gasteiger partial charge in [0.1, 0.15) is 6.10 Å². The van der Waals surface area contributed by atoms with Gasteiger partial charge < -0.3 is 25.0 Å². The van der Waals surface area contributed by atoms with Crippen LogP contribution in [-0.4, -0.2) is 90.3 Å². The van der Waals surface area contributed by atoms with Crippen LogP contribution in [0.2, 0.25) is 0 Å². The van der Waals surface area contributed by atoms with Crippen LogP contribution >= 0.6 is 0 Å². The average molecular weight is 419 g/mol. The lowest BCUT2D eigenvalue weighted by Gasteiger charge is -2.48. The molecule has 1 aromatic heterocycles. The molecule has 2 aliphatic rings. The number of amides is 1. The standard InChI is InChI=1S/C18H23N5O4.CH2O2/c1-22-20-16(19-21-22)12-2-4-13(5-3-12)17(26)23-9-7-18(8-10-23)15(25)14(24)6-11-27-18;2-1-3/h2-5,14-15,24-25H,6-11H2,1H3;1H,(H,2,3)/t14-,15-;/m0./s1. The van der Waals surface area contributed by atoms with Crippen molar-refractivity contribution in [3.63, 3.8) is 0 Å². The van der Waals surface area contributed by atoms with Gasteiger partial charge in [-0.1, -0.05) is 12.1 Å². The van der Waals surface area contributed by atoms with E-state index in [1.165, 1.54) is 4.80 Å². The van der Waals surface area contributed by atoms with Gasteiger partial charge in [0.15, 0.2) is 0 Å². The number of hydrogen-bond acceptors (Lipinski definition) is 8. The van der Waals surface area contributed by atoms with Crippen molar-refractivity contribution >= 4 is 12.4 Å². The van der Waals surface area contributed by atoms with Crippen molar-refractivity contribution in [3.8, 4) is 11.4 Å². The lowest BCUT2D eigenvalue weighted by molar-refractivity contribution is -0.212. The Morgan fingerprint density at radius 2 is 1.87 bits per heavy atom. The molecule has 0 unspecified atom stereocenters. The minimum absolute atomic E-state index is 0.0608. The zero-order valence-corrected chi connectivity index (χ0v) is 16.6. The number of piperidine rings is 1. The summed E-state index contributed by atoms with van der Waals surface area (Å²) in [6.07, 6.45) is -0.194. The number of ether oxygens (including phenoxy) is 1. The third-order valence-corrected chi connectivity index (χ3v) is 5.50. The number of aryl methyl sites for hydroxylation is 1. The molecule has 162 valence electrons. The van der Waals surface area contributed by atoms with Gasteiger partial charge in [0.05, 0.1) is 25.4 Å². The summed E-state index contributed by atoms with van der Waals surface area (Å²) in [5.74, 6) is 0.452. The molecule has 30 heavy (non-hydrogen) atoms. The highest BCUT2D eigenvalue weighted by Gasteiger charge is 2.48. The first-order chi connectivity index (χ1) is 14.4. The number of nitrogens with zero attached hydrogens (tertiary/aromatic N) is 5. The summed E-state index contributed by atoms with van der Waals surface area (Å²) in [6, 6.07) is 7.13. The number of aliphatic hydroxyl groups is 2. The van der Waals surface area contributed by atoms with Crippen molar-refractivity contribution in [2.24, 2.45) is 7.05 Å². The highest BCUT2D eigenvalue weighted by atomic mass is 16.5. The van der Waals surface area contributed by atoms with Crippen molar-refractivity contribution in [2.75, 3.05) is 19.7 Å². The quantitative estimate of drug-likeness (QED) is 0.557. The number of tetrazole rings is 1. The van der Waals surface area contributed by atoms with E-state index in [1.54, 1.807) is 36.2 Å². The van der Waals surface area contributed by atoms with E-state index in [0.29, 0.717) is 50.3 Å². The summed E-state index contributed by atoms with van der Waals surface area (Å²) in [7, 11) is 1.70. The summed E-state index contributed by atoms with van der Waals surface area (Å²) < 4.78 is 5.82. The number of aromatic nitrogens is 4. The topological polar surface area (TPSA) is 151 Å². The molecule has 2 fully saturated rings. The van der Waals surface area contributed by atoms with Gasteiger partial charge in [-0.25, -0.2) is 0 Å². The number of carboxylic acid groups (broad SMARTS) is 1. The molecule has 1 amide bonds. The molecule has 0 saturated carbocycles. The second-order valence-electron chi connectivity index (χ2n) is 7.29. The van der Waals surface area contributed by atoms with Crippen LogP contribution in [0.3, 0.4) is 0 Å². The normalized spacial score (nSPS) is 22.8. The van der Waals surface area contributed by atoms with Gasteiger partial charge in [-0.3, -0.25) is 9.59 Å². The van der Waals surface area contributed by atoms with Crippen LogP contribution in [0.25, 0.3) is 11.4 Å². The van der Waals surface area contributed by atoms with Crippen LogP contribution in [0.5, 0.6) is 0 Å². The average Bonchev–Trinajstić information content (AvgIpc) is 3.19. The summed E-state index contributed by atoms with van der Waals surface area (Å²) >= 11 is 0. The highest BCUT2D eigenvalue weighted by molar-refractivity contribution is 5.94. The summed E-state index contributed by atoms with van der Waals surface area (Å²) in [6.45, 7) is 1.15. The monoisotopic (exact) mass is 419 g/mol. The van der Waals surface area contributed by atoms with E-state index in [9.17, 15) is 15.0 Å². The van der Waals surface area contributed by atoms with Gasteiger partial charge in [-0.05, 0) is 36.6 Å². The molecule has 0 aliphatic carbocycles. The molecule has 1 spiro atoms. The van der Waals surface area contributed by atoms with E-state index in [1.807, 2.05) is 0 Å². The van der Waals surface area contributed by atoms with Gasteiger partial charge in [-0.15, -0.1) is 10.2 Å². The summed E-state index contributed by atoms with van der Waals surface area (Å²) in [5, 5.41) is 39.1. The van der Waals surface area contributed by atoms with E-state index in [2.05, 4.69) is 15.4 Å². The summed E-state index contributed by atoms with van der Waals surface area (Å²) in [4.78, 5) is 24.3. The first kappa shape index (κ1) is 21.8. The van der Waals surface area contributed by atoms with Gasteiger partial charge in [0.2, 0.25) is 5.82 Å². The van der Waals surface area contributed by atoms with Gasteiger partial charge in [-0.2, -0.15) is 4.80 Å². The number of hydrogen-bond donors (Lipinski definition) is 3. The predicted octanol–water partition coefficient (Wildman–Crippen LogP) is -0.305. The Kier molecular flexibility index (Phi) is 6.75. The molecular weight excluding hydrogens is 394 g/mol. The molecule has 11 nitrogen and oxygen atoms in total. The van der Waals surface area contributed by atoms with E-state index >= 15 is 0 Å². The van der Waals surface area contributed by atoms with Crippen molar-refractivity contribution in [1.82, 2.24) is 25.1 Å². The van der Waals surface area contributed by atoms with Crippen molar-refractivity contribution in [1.29, 1.82) is 0 Å². The maximum atomic E-state index is 12.8. The van der Waals surface area contributed by atoms with Gasteiger partial charge in [0.25, 0.3) is 12.4 Å². The van der Waals surface area contributed by atoms with Crippen LogP contribution < -0.4 is 0 Å². The minimum Gasteiger partial charge on any atom is -0.483 e. The molecule has 1 aromatic carbocycles. The second-order valence-corrected chi connectivity index (χ2v) is 7.29. The third kappa shape index (κ3) is 4.48. The zero-order valence-electron chi connectivity index (χ0n) is 16.6. The number of carbonyl (C=O) groups excluding carboxylic acids is 1. The largest absolute Gasteiger partial charge is 0.483 e. The molecule has 11 heteroatoms. The van der Waals surface area contributed by atoms with E-state index < -0.39 is 17.8 Å². The van der Waals surface area contributed by atoms with E-state index in [-0.39, 0.29) is 12.4 Å².